The summed E-state index contributed by atoms with van der Waals surface area (Å²) in [5.74, 6) is 0.988. The van der Waals surface area contributed by atoms with Gasteiger partial charge in [0.2, 0.25) is 0 Å². The van der Waals surface area contributed by atoms with Gasteiger partial charge in [-0.15, -0.1) is 11.6 Å². The maximum Gasteiger partial charge on any atom is 0.119 e. The number of aliphatic hydroxyl groups is 1. The zero-order chi connectivity index (χ0) is 14.7. The molecule has 3 atom stereocenters. The van der Waals surface area contributed by atoms with Crippen molar-refractivity contribution in [2.24, 2.45) is 5.92 Å². The fourth-order valence-electron chi connectivity index (χ4n) is 2.83. The Morgan fingerprint density at radius 2 is 1.90 bits per heavy atom. The van der Waals surface area contributed by atoms with Crippen LogP contribution < -0.4 is 4.74 Å². The van der Waals surface area contributed by atoms with Crippen molar-refractivity contribution in [3.63, 3.8) is 0 Å². The predicted molar refractivity (Wildman–Crippen MR) is 80.5 cm³/mol. The van der Waals surface area contributed by atoms with E-state index < -0.39 is 0 Å². The molecule has 2 rings (SSSR count). The average molecular weight is 299 g/mol. The summed E-state index contributed by atoms with van der Waals surface area (Å²) < 4.78 is 11.1. The Morgan fingerprint density at radius 3 is 2.40 bits per heavy atom. The Morgan fingerprint density at radius 1 is 1.25 bits per heavy atom. The van der Waals surface area contributed by atoms with Gasteiger partial charge in [-0.2, -0.15) is 0 Å². The molecule has 112 valence electrons. The summed E-state index contributed by atoms with van der Waals surface area (Å²) in [5, 5.41) is 9.95. The van der Waals surface area contributed by atoms with Gasteiger partial charge in [-0.1, -0.05) is 0 Å². The number of rotatable bonds is 5. The van der Waals surface area contributed by atoms with Crippen LogP contribution in [0.3, 0.4) is 0 Å². The van der Waals surface area contributed by atoms with Crippen LogP contribution in [0.15, 0.2) is 12.1 Å². The number of alkyl halides is 1. The minimum atomic E-state index is -0.340. The van der Waals surface area contributed by atoms with Crippen molar-refractivity contribution in [1.82, 2.24) is 0 Å². The summed E-state index contributed by atoms with van der Waals surface area (Å²) in [7, 11) is 1.70. The van der Waals surface area contributed by atoms with E-state index >= 15 is 0 Å². The van der Waals surface area contributed by atoms with Gasteiger partial charge in [-0.3, -0.25) is 0 Å². The van der Waals surface area contributed by atoms with Crippen LogP contribution in [0, 0.1) is 19.8 Å². The van der Waals surface area contributed by atoms with Crippen LogP contribution in [0.1, 0.15) is 29.5 Å². The van der Waals surface area contributed by atoms with E-state index in [1.807, 2.05) is 12.1 Å². The molecule has 0 saturated heterocycles. The highest BCUT2D eigenvalue weighted by atomic mass is 35.5. The lowest BCUT2D eigenvalue weighted by molar-refractivity contribution is 0.0985. The third kappa shape index (κ3) is 3.66. The van der Waals surface area contributed by atoms with Crippen LogP contribution in [-0.4, -0.2) is 30.3 Å². The van der Waals surface area contributed by atoms with Gasteiger partial charge in [-0.25, -0.2) is 0 Å². The van der Waals surface area contributed by atoms with Gasteiger partial charge < -0.3 is 14.6 Å². The van der Waals surface area contributed by atoms with E-state index in [4.69, 9.17) is 21.1 Å². The smallest absolute Gasteiger partial charge is 0.119 e. The van der Waals surface area contributed by atoms with Crippen LogP contribution in [0.2, 0.25) is 0 Å². The number of ether oxygens (including phenoxy) is 2. The first-order valence-electron chi connectivity index (χ1n) is 7.05. The molecule has 20 heavy (non-hydrogen) atoms. The lowest BCUT2D eigenvalue weighted by Gasteiger charge is -2.17. The third-order valence-corrected chi connectivity index (χ3v) is 4.38. The molecule has 0 unspecified atom stereocenters. The first-order valence-corrected chi connectivity index (χ1v) is 7.49. The fourth-order valence-corrected chi connectivity index (χ4v) is 3.24. The molecule has 1 aliphatic carbocycles. The van der Waals surface area contributed by atoms with E-state index in [1.54, 1.807) is 7.11 Å². The Kier molecular flexibility index (Phi) is 5.30. The maximum absolute atomic E-state index is 9.88. The number of aliphatic hydroxyl groups excluding tert-OH is 1. The summed E-state index contributed by atoms with van der Waals surface area (Å²) >= 11 is 6.06. The highest BCUT2D eigenvalue weighted by molar-refractivity contribution is 6.20. The first-order chi connectivity index (χ1) is 9.51. The van der Waals surface area contributed by atoms with Crippen molar-refractivity contribution in [3.05, 3.63) is 28.8 Å². The topological polar surface area (TPSA) is 38.7 Å². The van der Waals surface area contributed by atoms with Gasteiger partial charge >= 0.3 is 0 Å². The second-order valence-electron chi connectivity index (χ2n) is 5.68. The Hall–Kier alpha value is -0.770. The van der Waals surface area contributed by atoms with E-state index in [-0.39, 0.29) is 17.4 Å². The zero-order valence-electron chi connectivity index (χ0n) is 12.4. The van der Waals surface area contributed by atoms with Gasteiger partial charge in [0, 0.05) is 18.4 Å². The standard InChI is InChI=1S/C16H23ClO3/c1-10-4-14(5-11(2)15(10)9-19-3)20-8-12-6-13(17)7-16(12)18/h4-5,12-13,16,18H,6-9H2,1-3H3/t12-,13-,16+/m0/s1. The number of hydrogen-bond donors (Lipinski definition) is 1. The molecule has 1 aromatic carbocycles. The highest BCUT2D eigenvalue weighted by Gasteiger charge is 2.32. The van der Waals surface area contributed by atoms with Crippen molar-refractivity contribution in [1.29, 1.82) is 0 Å². The first kappa shape index (κ1) is 15.6. The zero-order valence-corrected chi connectivity index (χ0v) is 13.1. The normalized spacial score (nSPS) is 25.9. The molecule has 0 spiro atoms. The van der Waals surface area contributed by atoms with Crippen LogP contribution in [0.25, 0.3) is 0 Å². The van der Waals surface area contributed by atoms with Gasteiger partial charge in [0.25, 0.3) is 0 Å². The average Bonchev–Trinajstić information content (AvgIpc) is 2.70. The monoisotopic (exact) mass is 298 g/mol. The molecule has 1 fully saturated rings. The number of aryl methyl sites for hydroxylation is 2. The van der Waals surface area contributed by atoms with Crippen LogP contribution in [0.5, 0.6) is 5.75 Å². The van der Waals surface area contributed by atoms with Gasteiger partial charge in [-0.05, 0) is 55.5 Å². The third-order valence-electron chi connectivity index (χ3n) is 4.02. The van der Waals surface area contributed by atoms with Gasteiger partial charge in [0.05, 0.1) is 19.3 Å². The van der Waals surface area contributed by atoms with Crippen molar-refractivity contribution in [2.75, 3.05) is 13.7 Å². The summed E-state index contributed by atoms with van der Waals surface area (Å²) in [6.45, 7) is 5.26. The van der Waals surface area contributed by atoms with Crippen molar-refractivity contribution >= 4 is 11.6 Å². The molecule has 0 amide bonds. The van der Waals surface area contributed by atoms with E-state index in [1.165, 1.54) is 16.7 Å². The van der Waals surface area contributed by atoms with Crippen LogP contribution in [-0.2, 0) is 11.3 Å². The van der Waals surface area contributed by atoms with Crippen molar-refractivity contribution < 1.29 is 14.6 Å². The van der Waals surface area contributed by atoms with Gasteiger partial charge in [0.1, 0.15) is 5.75 Å². The molecular formula is C16H23ClO3. The van der Waals surface area contributed by atoms with Crippen LogP contribution >= 0.6 is 11.6 Å². The van der Waals surface area contributed by atoms with Crippen LogP contribution in [0.4, 0.5) is 0 Å². The van der Waals surface area contributed by atoms with Crippen molar-refractivity contribution in [3.8, 4) is 5.75 Å². The highest BCUT2D eigenvalue weighted by Crippen LogP contribution is 2.31. The van der Waals surface area contributed by atoms with E-state index in [9.17, 15) is 5.11 Å². The molecular weight excluding hydrogens is 276 g/mol. The molecule has 0 aromatic heterocycles. The Bertz CT molecular complexity index is 438. The van der Waals surface area contributed by atoms with E-state index in [2.05, 4.69) is 13.8 Å². The quantitative estimate of drug-likeness (QED) is 0.848. The molecule has 3 nitrogen and oxygen atoms in total. The second-order valence-corrected chi connectivity index (χ2v) is 6.29. The largest absolute Gasteiger partial charge is 0.493 e. The van der Waals surface area contributed by atoms with E-state index in [0.717, 1.165) is 12.2 Å². The fraction of sp³-hybridized carbons (Fsp3) is 0.625. The molecule has 0 heterocycles. The molecule has 4 heteroatoms. The lowest BCUT2D eigenvalue weighted by atomic mass is 10.0. The van der Waals surface area contributed by atoms with E-state index in [0.29, 0.717) is 19.6 Å². The summed E-state index contributed by atoms with van der Waals surface area (Å²) in [6, 6.07) is 4.06. The molecule has 1 N–H and O–H groups in total. The molecule has 0 aliphatic heterocycles. The number of halogens is 1. The minimum Gasteiger partial charge on any atom is -0.493 e. The van der Waals surface area contributed by atoms with Crippen molar-refractivity contribution in [2.45, 2.75) is 44.8 Å². The second kappa shape index (κ2) is 6.79. The summed E-state index contributed by atoms with van der Waals surface area (Å²) in [4.78, 5) is 0. The molecule has 1 aliphatic rings. The molecule has 1 saturated carbocycles. The number of benzene rings is 1. The summed E-state index contributed by atoms with van der Waals surface area (Å²) in [5.41, 5.74) is 3.55. The minimum absolute atomic E-state index is 0.0751. The summed E-state index contributed by atoms with van der Waals surface area (Å²) in [6.07, 6.45) is 1.15. The molecule has 1 aromatic rings. The maximum atomic E-state index is 9.88. The Balaban J connectivity index is 2.00. The lowest BCUT2D eigenvalue weighted by Crippen LogP contribution is -2.20. The Labute approximate surface area is 125 Å². The number of hydrogen-bond acceptors (Lipinski definition) is 3. The van der Waals surface area contributed by atoms with Gasteiger partial charge in [0.15, 0.2) is 0 Å². The predicted octanol–water partition coefficient (Wildman–Crippen LogP) is 3.21. The molecule has 0 bridgehead atoms. The number of methoxy groups -OCH3 is 1. The SMILES string of the molecule is COCc1c(C)cc(OC[C@@H]2C[C@H](Cl)C[C@H]2O)cc1C. The molecule has 0 radical (unpaired) electrons.